The van der Waals surface area contributed by atoms with Gasteiger partial charge in [0.1, 0.15) is 0 Å². The number of nitrogens with zero attached hydrogens (tertiary/aromatic N) is 2. The van der Waals surface area contributed by atoms with E-state index in [1.54, 1.807) is 0 Å². The Morgan fingerprint density at radius 3 is 2.00 bits per heavy atom. The van der Waals surface area contributed by atoms with Crippen molar-refractivity contribution in [2.75, 3.05) is 39.4 Å². The van der Waals surface area contributed by atoms with Crippen LogP contribution in [0.1, 0.15) is 39.5 Å². The quantitative estimate of drug-likeness (QED) is 0.646. The highest BCUT2D eigenvalue weighted by atomic mass is 16.5. The lowest BCUT2D eigenvalue weighted by Gasteiger charge is -2.37. The summed E-state index contributed by atoms with van der Waals surface area (Å²) in [5.74, 6) is 0. The Morgan fingerprint density at radius 1 is 1.00 bits per heavy atom. The van der Waals surface area contributed by atoms with Crippen molar-refractivity contribution in [3.8, 4) is 0 Å². The maximum atomic E-state index is 5.39. The highest BCUT2D eigenvalue weighted by Crippen LogP contribution is 2.06. The van der Waals surface area contributed by atoms with Crippen LogP contribution in [0.4, 0.5) is 0 Å². The first-order chi connectivity index (χ1) is 7.38. The van der Waals surface area contributed by atoms with Crippen molar-refractivity contribution in [1.29, 1.82) is 0 Å². The van der Waals surface area contributed by atoms with Crippen LogP contribution in [-0.4, -0.2) is 49.4 Å². The lowest BCUT2D eigenvalue weighted by Crippen LogP contribution is -2.49. The summed E-state index contributed by atoms with van der Waals surface area (Å²) in [5, 5.41) is 5.02. The van der Waals surface area contributed by atoms with E-state index >= 15 is 0 Å². The molecule has 0 radical (unpaired) electrons. The summed E-state index contributed by atoms with van der Waals surface area (Å²) in [5.41, 5.74) is 0. The van der Waals surface area contributed by atoms with Crippen molar-refractivity contribution in [3.63, 3.8) is 0 Å². The normalized spacial score (nSPS) is 18.6. The molecule has 15 heavy (non-hydrogen) atoms. The number of unbranched alkanes of at least 4 members (excludes halogenated alkanes) is 2. The Balaban J connectivity index is 2.30. The van der Waals surface area contributed by atoms with E-state index in [9.17, 15) is 0 Å². The zero-order valence-corrected chi connectivity index (χ0v) is 10.4. The molecule has 0 unspecified atom stereocenters. The molecule has 0 bridgehead atoms. The molecule has 0 aromatic heterocycles. The molecule has 3 heteroatoms. The predicted molar refractivity (Wildman–Crippen MR) is 63.8 cm³/mol. The first-order valence-corrected chi connectivity index (χ1v) is 6.46. The van der Waals surface area contributed by atoms with Crippen molar-refractivity contribution < 1.29 is 4.74 Å². The lowest BCUT2D eigenvalue weighted by molar-refractivity contribution is -0.0910. The highest BCUT2D eigenvalue weighted by molar-refractivity contribution is 4.62. The molecule has 3 nitrogen and oxygen atoms in total. The molecule has 1 saturated heterocycles. The standard InChI is InChI=1S/C12H26N2O/c1-3-5-7-13(8-6-4-2)14-9-11-15-12-10-14/h3-12H2,1-2H3. The molecule has 90 valence electrons. The van der Waals surface area contributed by atoms with Gasteiger partial charge in [0.05, 0.1) is 13.2 Å². The van der Waals surface area contributed by atoms with Gasteiger partial charge in [-0.3, -0.25) is 0 Å². The van der Waals surface area contributed by atoms with E-state index in [2.05, 4.69) is 23.9 Å². The summed E-state index contributed by atoms with van der Waals surface area (Å²) in [6.07, 6.45) is 5.18. The number of hydrogen-bond donors (Lipinski definition) is 0. The molecule has 0 saturated carbocycles. The van der Waals surface area contributed by atoms with E-state index in [-0.39, 0.29) is 0 Å². The average Bonchev–Trinajstić information content (AvgIpc) is 2.30. The van der Waals surface area contributed by atoms with Gasteiger partial charge in [-0.2, -0.15) is 0 Å². The highest BCUT2D eigenvalue weighted by Gasteiger charge is 2.16. The summed E-state index contributed by atoms with van der Waals surface area (Å²) in [4.78, 5) is 0. The average molecular weight is 214 g/mol. The minimum absolute atomic E-state index is 0.898. The fourth-order valence-corrected chi connectivity index (χ4v) is 1.91. The second kappa shape index (κ2) is 8.08. The first kappa shape index (κ1) is 12.9. The first-order valence-electron chi connectivity index (χ1n) is 6.46. The molecular weight excluding hydrogens is 188 g/mol. The Bertz CT molecular complexity index is 139. The summed E-state index contributed by atoms with van der Waals surface area (Å²) >= 11 is 0. The third-order valence-corrected chi connectivity index (χ3v) is 2.93. The maximum Gasteiger partial charge on any atom is 0.0608 e. The minimum Gasteiger partial charge on any atom is -0.379 e. The van der Waals surface area contributed by atoms with Gasteiger partial charge < -0.3 is 4.74 Å². The molecule has 1 fully saturated rings. The van der Waals surface area contributed by atoms with Crippen LogP contribution < -0.4 is 0 Å². The molecule has 0 aliphatic carbocycles. The van der Waals surface area contributed by atoms with Crippen LogP contribution in [0.2, 0.25) is 0 Å². The molecule has 0 aromatic carbocycles. The molecule has 0 aromatic rings. The number of rotatable bonds is 7. The van der Waals surface area contributed by atoms with Gasteiger partial charge in [-0.15, -0.1) is 0 Å². The topological polar surface area (TPSA) is 15.7 Å². The van der Waals surface area contributed by atoms with Crippen molar-refractivity contribution in [2.45, 2.75) is 39.5 Å². The molecule has 0 amide bonds. The monoisotopic (exact) mass is 214 g/mol. The van der Waals surface area contributed by atoms with Crippen LogP contribution in [0.15, 0.2) is 0 Å². The number of morpholine rings is 1. The second-order valence-corrected chi connectivity index (χ2v) is 4.23. The lowest BCUT2D eigenvalue weighted by atomic mass is 10.3. The zero-order valence-electron chi connectivity index (χ0n) is 10.4. The number of hydrogen-bond acceptors (Lipinski definition) is 3. The summed E-state index contributed by atoms with van der Waals surface area (Å²) in [7, 11) is 0. The Morgan fingerprint density at radius 2 is 1.53 bits per heavy atom. The van der Waals surface area contributed by atoms with E-state index in [1.165, 1.54) is 38.8 Å². The van der Waals surface area contributed by atoms with Gasteiger partial charge in [0.15, 0.2) is 0 Å². The maximum absolute atomic E-state index is 5.39. The second-order valence-electron chi connectivity index (χ2n) is 4.23. The van der Waals surface area contributed by atoms with Crippen LogP contribution in [0, 0.1) is 0 Å². The Hall–Kier alpha value is -0.120. The molecule has 1 aliphatic rings. The Labute approximate surface area is 94.4 Å². The number of ether oxygens (including phenoxy) is 1. The fourth-order valence-electron chi connectivity index (χ4n) is 1.91. The van der Waals surface area contributed by atoms with Gasteiger partial charge in [-0.1, -0.05) is 26.7 Å². The minimum atomic E-state index is 0.898. The molecule has 1 heterocycles. The summed E-state index contributed by atoms with van der Waals surface area (Å²) in [6.45, 7) is 10.9. The zero-order chi connectivity index (χ0) is 10.9. The van der Waals surface area contributed by atoms with Crippen LogP contribution in [0.5, 0.6) is 0 Å². The van der Waals surface area contributed by atoms with Crippen LogP contribution in [-0.2, 0) is 4.74 Å². The van der Waals surface area contributed by atoms with Crippen LogP contribution in [0.25, 0.3) is 0 Å². The molecule has 1 aliphatic heterocycles. The van der Waals surface area contributed by atoms with Gasteiger partial charge in [0.2, 0.25) is 0 Å². The van der Waals surface area contributed by atoms with Gasteiger partial charge >= 0.3 is 0 Å². The summed E-state index contributed by atoms with van der Waals surface area (Å²) in [6, 6.07) is 0. The van der Waals surface area contributed by atoms with E-state index in [0.29, 0.717) is 0 Å². The van der Waals surface area contributed by atoms with Crippen molar-refractivity contribution in [2.24, 2.45) is 0 Å². The molecule has 0 spiro atoms. The van der Waals surface area contributed by atoms with Crippen molar-refractivity contribution >= 4 is 0 Å². The van der Waals surface area contributed by atoms with E-state index in [4.69, 9.17) is 4.74 Å². The molecule has 1 rings (SSSR count). The molecule has 0 N–H and O–H groups in total. The van der Waals surface area contributed by atoms with E-state index < -0.39 is 0 Å². The smallest absolute Gasteiger partial charge is 0.0608 e. The SMILES string of the molecule is CCCCN(CCCC)N1CCOCC1. The van der Waals surface area contributed by atoms with Crippen molar-refractivity contribution in [3.05, 3.63) is 0 Å². The van der Waals surface area contributed by atoms with E-state index in [0.717, 1.165) is 26.3 Å². The van der Waals surface area contributed by atoms with E-state index in [1.807, 2.05) is 0 Å². The van der Waals surface area contributed by atoms with Crippen LogP contribution >= 0.6 is 0 Å². The van der Waals surface area contributed by atoms with Gasteiger partial charge in [0.25, 0.3) is 0 Å². The predicted octanol–water partition coefficient (Wildman–Crippen LogP) is 2.14. The fraction of sp³-hybridized carbons (Fsp3) is 1.00. The van der Waals surface area contributed by atoms with Crippen LogP contribution in [0.3, 0.4) is 0 Å². The third-order valence-electron chi connectivity index (χ3n) is 2.93. The third kappa shape index (κ3) is 4.96. The molecule has 0 atom stereocenters. The molecular formula is C12H26N2O. The van der Waals surface area contributed by atoms with Gasteiger partial charge in [-0.05, 0) is 12.8 Å². The van der Waals surface area contributed by atoms with Crippen molar-refractivity contribution in [1.82, 2.24) is 10.0 Å². The Kier molecular flexibility index (Phi) is 6.98. The van der Waals surface area contributed by atoms with Gasteiger partial charge in [-0.25, -0.2) is 10.0 Å². The summed E-state index contributed by atoms with van der Waals surface area (Å²) < 4.78 is 5.39. The number of hydrazine groups is 1. The largest absolute Gasteiger partial charge is 0.379 e. The van der Waals surface area contributed by atoms with Gasteiger partial charge in [0, 0.05) is 26.2 Å².